The fourth-order valence-corrected chi connectivity index (χ4v) is 2.22. The van der Waals surface area contributed by atoms with E-state index in [1.807, 2.05) is 0 Å². The van der Waals surface area contributed by atoms with Gasteiger partial charge in [0.2, 0.25) is 0 Å². The number of carboxylic acids is 1. The molecule has 21 heavy (non-hydrogen) atoms. The lowest BCUT2D eigenvalue weighted by Crippen LogP contribution is -2.37. The Balaban J connectivity index is 2.01. The average Bonchev–Trinajstić information content (AvgIpc) is 2.98. The Morgan fingerprint density at radius 2 is 2.10 bits per heavy atom. The predicted molar refractivity (Wildman–Crippen MR) is 73.9 cm³/mol. The van der Waals surface area contributed by atoms with Gasteiger partial charge in [-0.3, -0.25) is 4.79 Å². The molecule has 0 radical (unpaired) electrons. The van der Waals surface area contributed by atoms with Gasteiger partial charge in [0.25, 0.3) is 5.91 Å². The van der Waals surface area contributed by atoms with E-state index in [1.54, 1.807) is 18.5 Å². The van der Waals surface area contributed by atoms with E-state index in [0.717, 1.165) is 11.3 Å². The summed E-state index contributed by atoms with van der Waals surface area (Å²) in [6, 6.07) is 1.68. The third-order valence-corrected chi connectivity index (χ3v) is 3.49. The van der Waals surface area contributed by atoms with Crippen molar-refractivity contribution in [1.29, 1.82) is 0 Å². The van der Waals surface area contributed by atoms with Crippen LogP contribution >= 0.6 is 11.3 Å². The van der Waals surface area contributed by atoms with Crippen LogP contribution in [-0.4, -0.2) is 51.7 Å². The van der Waals surface area contributed by atoms with E-state index in [1.165, 1.54) is 13.3 Å². The van der Waals surface area contributed by atoms with Gasteiger partial charge in [-0.05, 0) is 6.07 Å². The number of thiazole rings is 1. The van der Waals surface area contributed by atoms with Crippen molar-refractivity contribution < 1.29 is 19.4 Å². The number of aromatic nitrogens is 3. The first kappa shape index (κ1) is 15.0. The highest BCUT2D eigenvalue weighted by molar-refractivity contribution is 7.16. The maximum atomic E-state index is 11.9. The molecular formula is C12H12N4O4S. The number of carboxylic acid groups (broad SMARTS) is 1. The third-order valence-electron chi connectivity index (χ3n) is 2.49. The summed E-state index contributed by atoms with van der Waals surface area (Å²) >= 11 is 1.13. The lowest BCUT2D eigenvalue weighted by atomic mass is 10.3. The summed E-state index contributed by atoms with van der Waals surface area (Å²) in [6.45, 7) is -0.125. The molecule has 0 aliphatic carbocycles. The molecule has 0 saturated heterocycles. The van der Waals surface area contributed by atoms with Crippen molar-refractivity contribution in [3.05, 3.63) is 29.5 Å². The van der Waals surface area contributed by atoms with Crippen LogP contribution < -0.4 is 5.32 Å². The Morgan fingerprint density at radius 1 is 1.38 bits per heavy atom. The van der Waals surface area contributed by atoms with Crippen molar-refractivity contribution >= 4 is 23.2 Å². The fourth-order valence-electron chi connectivity index (χ4n) is 1.44. The second-order valence-corrected chi connectivity index (χ2v) is 4.91. The molecule has 110 valence electrons. The number of aliphatic carboxylic acids is 1. The zero-order valence-corrected chi connectivity index (χ0v) is 11.8. The number of rotatable bonds is 6. The van der Waals surface area contributed by atoms with Gasteiger partial charge in [-0.1, -0.05) is 0 Å². The fraction of sp³-hybridized carbons (Fsp3) is 0.250. The number of nitrogens with one attached hydrogen (secondary N) is 1. The number of carbonyl (C=O) groups excluding carboxylic acids is 1. The number of amides is 1. The molecule has 2 aromatic heterocycles. The van der Waals surface area contributed by atoms with Crippen LogP contribution in [0.2, 0.25) is 0 Å². The van der Waals surface area contributed by atoms with Gasteiger partial charge in [0, 0.05) is 19.5 Å². The quantitative estimate of drug-likeness (QED) is 0.795. The minimum atomic E-state index is -1.14. The molecule has 2 rings (SSSR count). The second-order valence-electron chi connectivity index (χ2n) is 3.87. The van der Waals surface area contributed by atoms with E-state index < -0.39 is 18.0 Å². The molecule has 0 spiro atoms. The highest BCUT2D eigenvalue weighted by atomic mass is 32.1. The van der Waals surface area contributed by atoms with Crippen molar-refractivity contribution in [3.63, 3.8) is 0 Å². The van der Waals surface area contributed by atoms with Crippen LogP contribution in [0, 0.1) is 0 Å². The molecule has 0 aliphatic heterocycles. The van der Waals surface area contributed by atoms with Gasteiger partial charge in [-0.15, -0.1) is 11.3 Å². The number of methoxy groups -OCH3 is 1. The molecule has 2 N–H and O–H groups in total. The summed E-state index contributed by atoms with van der Waals surface area (Å²) < 4.78 is 4.73. The molecule has 1 atom stereocenters. The van der Waals surface area contributed by atoms with Crippen molar-refractivity contribution in [2.24, 2.45) is 0 Å². The number of hydrogen-bond acceptors (Lipinski definition) is 7. The lowest BCUT2D eigenvalue weighted by Gasteiger charge is -2.10. The summed E-state index contributed by atoms with van der Waals surface area (Å²) in [5, 5.41) is 11.8. The van der Waals surface area contributed by atoms with Gasteiger partial charge in [-0.2, -0.15) is 0 Å². The molecule has 0 fully saturated rings. The summed E-state index contributed by atoms with van der Waals surface area (Å²) in [5.41, 5.74) is 0. The summed E-state index contributed by atoms with van der Waals surface area (Å²) in [6.07, 6.45) is 3.48. The maximum absolute atomic E-state index is 11.9. The van der Waals surface area contributed by atoms with Crippen LogP contribution in [0.3, 0.4) is 0 Å². The Bertz CT molecular complexity index is 631. The highest BCUT2D eigenvalue weighted by Crippen LogP contribution is 2.21. The van der Waals surface area contributed by atoms with Crippen LogP contribution in [0.1, 0.15) is 9.67 Å². The Labute approximate surface area is 123 Å². The van der Waals surface area contributed by atoms with Gasteiger partial charge >= 0.3 is 5.97 Å². The van der Waals surface area contributed by atoms with Crippen molar-refractivity contribution in [2.45, 2.75) is 6.10 Å². The molecule has 0 bridgehead atoms. The van der Waals surface area contributed by atoms with Gasteiger partial charge in [0.1, 0.15) is 4.88 Å². The smallest absolute Gasteiger partial charge is 0.334 e. The van der Waals surface area contributed by atoms with Crippen LogP contribution in [-0.2, 0) is 9.53 Å². The first-order valence-corrected chi connectivity index (χ1v) is 6.70. The summed E-state index contributed by atoms with van der Waals surface area (Å²) in [5.74, 6) is -1.12. The topological polar surface area (TPSA) is 114 Å². The minimum Gasteiger partial charge on any atom is -0.479 e. The van der Waals surface area contributed by atoms with E-state index in [4.69, 9.17) is 9.84 Å². The van der Waals surface area contributed by atoms with Crippen LogP contribution in [0.25, 0.3) is 10.8 Å². The minimum absolute atomic E-state index is 0.125. The normalized spacial score (nSPS) is 11.9. The Morgan fingerprint density at radius 3 is 2.71 bits per heavy atom. The van der Waals surface area contributed by atoms with Crippen molar-refractivity contribution in [2.75, 3.05) is 13.7 Å². The number of hydrogen-bond donors (Lipinski definition) is 2. The van der Waals surface area contributed by atoms with E-state index in [-0.39, 0.29) is 6.54 Å². The SMILES string of the molecule is COC(CNC(=O)c1cnc(-c2ncccn2)s1)C(=O)O. The molecule has 1 unspecified atom stereocenters. The zero-order valence-electron chi connectivity index (χ0n) is 11.0. The first-order valence-electron chi connectivity index (χ1n) is 5.89. The molecule has 0 aliphatic rings. The van der Waals surface area contributed by atoms with E-state index in [2.05, 4.69) is 20.3 Å². The largest absolute Gasteiger partial charge is 0.479 e. The van der Waals surface area contributed by atoms with Crippen molar-refractivity contribution in [1.82, 2.24) is 20.3 Å². The first-order chi connectivity index (χ1) is 10.1. The predicted octanol–water partition coefficient (Wildman–Crippen LogP) is 0.429. The monoisotopic (exact) mass is 308 g/mol. The van der Waals surface area contributed by atoms with E-state index >= 15 is 0 Å². The maximum Gasteiger partial charge on any atom is 0.334 e. The number of nitrogens with zero attached hydrogens (tertiary/aromatic N) is 3. The summed E-state index contributed by atoms with van der Waals surface area (Å²) in [7, 11) is 1.27. The zero-order chi connectivity index (χ0) is 15.2. The standard InChI is InChI=1S/C12H12N4O4S/c1-20-7(12(18)19)5-15-10(17)8-6-16-11(21-8)9-13-3-2-4-14-9/h2-4,6-7H,5H2,1H3,(H,15,17)(H,18,19). The molecule has 2 aromatic rings. The average molecular weight is 308 g/mol. The molecule has 8 nitrogen and oxygen atoms in total. The van der Waals surface area contributed by atoms with Gasteiger partial charge in [0.05, 0.1) is 12.7 Å². The molecule has 2 heterocycles. The lowest BCUT2D eigenvalue weighted by molar-refractivity contribution is -0.147. The van der Waals surface area contributed by atoms with Crippen molar-refractivity contribution in [3.8, 4) is 10.8 Å². The Kier molecular flexibility index (Phi) is 4.90. The highest BCUT2D eigenvalue weighted by Gasteiger charge is 2.19. The number of ether oxygens (including phenoxy) is 1. The Hall–Kier alpha value is -2.39. The van der Waals surface area contributed by atoms with E-state index in [9.17, 15) is 9.59 Å². The molecule has 9 heteroatoms. The van der Waals surface area contributed by atoms with Gasteiger partial charge < -0.3 is 15.2 Å². The van der Waals surface area contributed by atoms with Gasteiger partial charge in [-0.25, -0.2) is 19.7 Å². The van der Waals surface area contributed by atoms with Crippen LogP contribution in [0.15, 0.2) is 24.7 Å². The molecule has 0 aromatic carbocycles. The summed E-state index contributed by atoms with van der Waals surface area (Å²) in [4.78, 5) is 35.2. The molecular weight excluding hydrogens is 296 g/mol. The third kappa shape index (κ3) is 3.80. The van der Waals surface area contributed by atoms with Crippen LogP contribution in [0.5, 0.6) is 0 Å². The molecule has 0 saturated carbocycles. The van der Waals surface area contributed by atoms with Crippen LogP contribution in [0.4, 0.5) is 0 Å². The second kappa shape index (κ2) is 6.86. The number of carbonyl (C=O) groups is 2. The van der Waals surface area contributed by atoms with E-state index in [0.29, 0.717) is 15.7 Å². The molecule has 1 amide bonds. The van der Waals surface area contributed by atoms with Gasteiger partial charge in [0.15, 0.2) is 16.9 Å².